The first-order valence-corrected chi connectivity index (χ1v) is 11.1. The average molecular weight is 407 g/mol. The number of hydrogen-bond acceptors (Lipinski definition) is 5. The lowest BCUT2D eigenvalue weighted by Gasteiger charge is -2.28. The molecular weight excluding hydrogens is 376 g/mol. The van der Waals surface area contributed by atoms with Gasteiger partial charge in [-0.3, -0.25) is 14.6 Å². The van der Waals surface area contributed by atoms with Crippen molar-refractivity contribution in [1.82, 2.24) is 14.9 Å². The molecule has 6 nitrogen and oxygen atoms in total. The first kappa shape index (κ1) is 20.5. The summed E-state index contributed by atoms with van der Waals surface area (Å²) in [5.41, 5.74) is 1.73. The lowest BCUT2D eigenvalue weighted by molar-refractivity contribution is -0.136. The van der Waals surface area contributed by atoms with Crippen LogP contribution < -0.4 is 4.90 Å². The molecule has 1 aliphatic heterocycles. The molecule has 0 radical (unpaired) electrons. The third-order valence-corrected chi connectivity index (χ3v) is 6.30. The fourth-order valence-electron chi connectivity index (χ4n) is 4.56. The maximum Gasteiger partial charge on any atom is 0.225 e. The van der Waals surface area contributed by atoms with Crippen LogP contribution in [0, 0.1) is 12.8 Å². The van der Waals surface area contributed by atoms with Crippen molar-refractivity contribution in [1.29, 1.82) is 0 Å². The molecule has 0 aromatic carbocycles. The van der Waals surface area contributed by atoms with E-state index in [-0.39, 0.29) is 11.7 Å². The van der Waals surface area contributed by atoms with E-state index in [9.17, 15) is 9.59 Å². The molecule has 1 saturated carbocycles. The van der Waals surface area contributed by atoms with Crippen molar-refractivity contribution >= 4 is 17.5 Å². The summed E-state index contributed by atoms with van der Waals surface area (Å²) >= 11 is 0. The number of aromatic nitrogens is 2. The van der Waals surface area contributed by atoms with Gasteiger partial charge in [-0.15, -0.1) is 0 Å². The summed E-state index contributed by atoms with van der Waals surface area (Å²) in [5.74, 6) is 1.24. The zero-order valence-electron chi connectivity index (χ0n) is 17.7. The highest BCUT2D eigenvalue weighted by Crippen LogP contribution is 2.26. The molecule has 0 spiro atoms. The molecule has 0 unspecified atom stereocenters. The Bertz CT molecular complexity index is 908. The highest BCUT2D eigenvalue weighted by atomic mass is 16.2. The van der Waals surface area contributed by atoms with Crippen molar-refractivity contribution in [2.24, 2.45) is 5.92 Å². The van der Waals surface area contributed by atoms with E-state index in [1.807, 2.05) is 24.0 Å². The third kappa shape index (κ3) is 4.53. The normalized spacial score (nSPS) is 18.2. The molecule has 1 amide bonds. The van der Waals surface area contributed by atoms with E-state index in [4.69, 9.17) is 0 Å². The van der Waals surface area contributed by atoms with E-state index in [0.717, 1.165) is 51.3 Å². The molecule has 30 heavy (non-hydrogen) atoms. The maximum absolute atomic E-state index is 12.9. The minimum Gasteiger partial charge on any atom is -0.355 e. The molecular formula is C24H30N4O2. The van der Waals surface area contributed by atoms with Crippen LogP contribution in [0.25, 0.3) is 0 Å². The van der Waals surface area contributed by atoms with Crippen LogP contribution in [0.4, 0.5) is 5.82 Å². The van der Waals surface area contributed by atoms with Crippen LogP contribution >= 0.6 is 0 Å². The van der Waals surface area contributed by atoms with E-state index >= 15 is 0 Å². The second-order valence-electron chi connectivity index (χ2n) is 8.35. The standard InChI is InChI=1S/C24H30N4O2/c1-18-20(10-6-13-25-18)23(29)21-11-5-12-22(26-21)27-14-7-15-28(17-16-27)24(30)19-8-3-2-4-9-19/h5-6,10-13,19H,2-4,7-9,14-17H2,1H3. The SMILES string of the molecule is Cc1ncccc1C(=O)c1cccc(N2CCCN(C(=O)C3CCCCC3)CC2)n1. The fraction of sp³-hybridized carbons (Fsp3) is 0.500. The Balaban J connectivity index is 1.45. The van der Waals surface area contributed by atoms with Crippen molar-refractivity contribution in [2.75, 3.05) is 31.1 Å². The summed E-state index contributed by atoms with van der Waals surface area (Å²) in [6, 6.07) is 9.16. The number of anilines is 1. The number of hydrogen-bond donors (Lipinski definition) is 0. The first-order valence-electron chi connectivity index (χ1n) is 11.1. The van der Waals surface area contributed by atoms with Gasteiger partial charge in [0.2, 0.25) is 11.7 Å². The molecule has 4 rings (SSSR count). The topological polar surface area (TPSA) is 66.4 Å². The summed E-state index contributed by atoms with van der Waals surface area (Å²) in [6.07, 6.45) is 8.30. The van der Waals surface area contributed by atoms with Crippen LogP contribution in [0.15, 0.2) is 36.5 Å². The largest absolute Gasteiger partial charge is 0.355 e. The van der Waals surface area contributed by atoms with Gasteiger partial charge in [0, 0.05) is 49.6 Å². The van der Waals surface area contributed by atoms with Crippen LogP contribution in [0.3, 0.4) is 0 Å². The van der Waals surface area contributed by atoms with Gasteiger partial charge in [0.05, 0.1) is 0 Å². The maximum atomic E-state index is 12.9. The second-order valence-corrected chi connectivity index (χ2v) is 8.35. The van der Waals surface area contributed by atoms with Crippen molar-refractivity contribution in [3.8, 4) is 0 Å². The van der Waals surface area contributed by atoms with Crippen molar-refractivity contribution in [3.05, 3.63) is 53.5 Å². The summed E-state index contributed by atoms with van der Waals surface area (Å²) in [7, 11) is 0. The Kier molecular flexibility index (Phi) is 6.41. The van der Waals surface area contributed by atoms with Crippen LogP contribution in [-0.4, -0.2) is 52.7 Å². The first-order chi connectivity index (χ1) is 14.6. The Morgan fingerprint density at radius 3 is 2.57 bits per heavy atom. The highest BCUT2D eigenvalue weighted by molar-refractivity contribution is 6.08. The smallest absolute Gasteiger partial charge is 0.225 e. The van der Waals surface area contributed by atoms with Crippen molar-refractivity contribution in [2.45, 2.75) is 45.4 Å². The van der Waals surface area contributed by atoms with Crippen LogP contribution in [0.2, 0.25) is 0 Å². The number of pyridine rings is 2. The number of carbonyl (C=O) groups excluding carboxylic acids is 2. The zero-order chi connectivity index (χ0) is 20.9. The van der Waals surface area contributed by atoms with E-state index in [1.54, 1.807) is 24.4 Å². The number of nitrogens with zero attached hydrogens (tertiary/aromatic N) is 4. The molecule has 1 aliphatic carbocycles. The molecule has 2 aromatic rings. The summed E-state index contributed by atoms with van der Waals surface area (Å²) < 4.78 is 0. The molecule has 0 bridgehead atoms. The Labute approximate surface area is 178 Å². The Morgan fingerprint density at radius 2 is 1.77 bits per heavy atom. The van der Waals surface area contributed by atoms with Gasteiger partial charge in [-0.25, -0.2) is 4.98 Å². The summed E-state index contributed by atoms with van der Waals surface area (Å²) in [6.45, 7) is 4.94. The third-order valence-electron chi connectivity index (χ3n) is 6.30. The highest BCUT2D eigenvalue weighted by Gasteiger charge is 2.27. The minimum atomic E-state index is -0.105. The van der Waals surface area contributed by atoms with Gasteiger partial charge >= 0.3 is 0 Å². The van der Waals surface area contributed by atoms with Gasteiger partial charge in [0.15, 0.2) is 0 Å². The van der Waals surface area contributed by atoms with Crippen LogP contribution in [-0.2, 0) is 4.79 Å². The average Bonchev–Trinajstić information content (AvgIpc) is 3.05. The lowest BCUT2D eigenvalue weighted by atomic mass is 9.88. The monoisotopic (exact) mass is 406 g/mol. The fourth-order valence-corrected chi connectivity index (χ4v) is 4.56. The molecule has 2 fully saturated rings. The molecule has 2 aromatic heterocycles. The lowest BCUT2D eigenvalue weighted by Crippen LogP contribution is -2.39. The molecule has 0 atom stereocenters. The molecule has 0 N–H and O–H groups in total. The number of aryl methyl sites for hydroxylation is 1. The van der Waals surface area contributed by atoms with E-state index in [0.29, 0.717) is 22.9 Å². The van der Waals surface area contributed by atoms with E-state index in [2.05, 4.69) is 14.9 Å². The Morgan fingerprint density at radius 1 is 0.933 bits per heavy atom. The van der Waals surface area contributed by atoms with Gasteiger partial charge in [0.25, 0.3) is 0 Å². The van der Waals surface area contributed by atoms with E-state index in [1.165, 1.54) is 19.3 Å². The van der Waals surface area contributed by atoms with Crippen LogP contribution in [0.5, 0.6) is 0 Å². The molecule has 3 heterocycles. The van der Waals surface area contributed by atoms with Crippen LogP contribution in [0.1, 0.15) is 60.3 Å². The molecule has 158 valence electrons. The van der Waals surface area contributed by atoms with E-state index < -0.39 is 0 Å². The number of carbonyl (C=O) groups is 2. The molecule has 2 aliphatic rings. The van der Waals surface area contributed by atoms with Crippen molar-refractivity contribution in [3.63, 3.8) is 0 Å². The minimum absolute atomic E-state index is 0.105. The molecule has 6 heteroatoms. The van der Waals surface area contributed by atoms with Gasteiger partial charge in [-0.2, -0.15) is 0 Å². The number of amides is 1. The Hall–Kier alpha value is -2.76. The number of rotatable bonds is 4. The van der Waals surface area contributed by atoms with Crippen molar-refractivity contribution < 1.29 is 9.59 Å². The van der Waals surface area contributed by atoms with Gasteiger partial charge in [-0.05, 0) is 50.5 Å². The number of ketones is 1. The zero-order valence-corrected chi connectivity index (χ0v) is 17.7. The summed E-state index contributed by atoms with van der Waals surface area (Å²) in [4.78, 5) is 39.0. The summed E-state index contributed by atoms with van der Waals surface area (Å²) in [5, 5.41) is 0. The predicted octanol–water partition coefficient (Wildman–Crippen LogP) is 3.64. The quantitative estimate of drug-likeness (QED) is 0.726. The molecule has 1 saturated heterocycles. The van der Waals surface area contributed by atoms with Gasteiger partial charge in [-0.1, -0.05) is 25.3 Å². The second kappa shape index (κ2) is 9.37. The predicted molar refractivity (Wildman–Crippen MR) is 117 cm³/mol. The van der Waals surface area contributed by atoms with Gasteiger partial charge in [0.1, 0.15) is 11.5 Å². The van der Waals surface area contributed by atoms with Gasteiger partial charge < -0.3 is 9.80 Å².